The van der Waals surface area contributed by atoms with Gasteiger partial charge in [0.05, 0.1) is 6.10 Å². The highest BCUT2D eigenvalue weighted by Gasteiger charge is 2.17. The van der Waals surface area contributed by atoms with Crippen molar-refractivity contribution in [1.82, 2.24) is 10.6 Å². The van der Waals surface area contributed by atoms with Crippen molar-refractivity contribution in [2.75, 3.05) is 19.7 Å². The third-order valence-electron chi connectivity index (χ3n) is 4.49. The highest BCUT2D eigenvalue weighted by Crippen LogP contribution is 2.12. The first kappa shape index (κ1) is 19.4. The number of benzene rings is 2. The summed E-state index contributed by atoms with van der Waals surface area (Å²) >= 11 is 5.96. The monoisotopic (exact) mass is 386 g/mol. The van der Waals surface area contributed by atoms with Crippen LogP contribution in [0.1, 0.15) is 39.1 Å². The molecule has 0 saturated carbocycles. The lowest BCUT2D eigenvalue weighted by Gasteiger charge is -2.11. The number of ether oxygens (including phenoxy) is 1. The van der Waals surface area contributed by atoms with E-state index >= 15 is 0 Å². The van der Waals surface area contributed by atoms with Crippen molar-refractivity contribution in [1.29, 1.82) is 0 Å². The summed E-state index contributed by atoms with van der Waals surface area (Å²) in [4.78, 5) is 24.7. The second-order valence-corrected chi connectivity index (χ2v) is 7.00. The fourth-order valence-corrected chi connectivity index (χ4v) is 3.24. The molecule has 1 unspecified atom stereocenters. The number of amides is 2. The van der Waals surface area contributed by atoms with Gasteiger partial charge in [-0.1, -0.05) is 29.8 Å². The summed E-state index contributed by atoms with van der Waals surface area (Å²) in [6.45, 7) is 1.74. The van der Waals surface area contributed by atoms with E-state index in [2.05, 4.69) is 10.6 Å². The van der Waals surface area contributed by atoms with Gasteiger partial charge in [-0.15, -0.1) is 0 Å². The predicted molar refractivity (Wildman–Crippen MR) is 105 cm³/mol. The molecule has 5 nitrogen and oxygen atoms in total. The number of nitrogens with one attached hydrogen (secondary N) is 2. The summed E-state index contributed by atoms with van der Waals surface area (Å²) in [7, 11) is 0. The Hall–Kier alpha value is -2.37. The Morgan fingerprint density at radius 1 is 1.04 bits per heavy atom. The molecule has 2 aromatic carbocycles. The van der Waals surface area contributed by atoms with Gasteiger partial charge >= 0.3 is 0 Å². The first-order valence-corrected chi connectivity index (χ1v) is 9.52. The molecule has 1 heterocycles. The fraction of sp³-hybridized carbons (Fsp3) is 0.333. The van der Waals surface area contributed by atoms with Crippen LogP contribution < -0.4 is 10.6 Å². The summed E-state index contributed by atoms with van der Waals surface area (Å²) in [6.07, 6.45) is 2.78. The largest absolute Gasteiger partial charge is 0.376 e. The molecule has 0 spiro atoms. The normalized spacial score (nSPS) is 16.1. The van der Waals surface area contributed by atoms with Gasteiger partial charge in [-0.2, -0.15) is 0 Å². The molecule has 1 aliphatic heterocycles. The van der Waals surface area contributed by atoms with E-state index in [0.717, 1.165) is 25.0 Å². The van der Waals surface area contributed by atoms with E-state index in [1.54, 1.807) is 24.3 Å². The van der Waals surface area contributed by atoms with E-state index in [1.165, 1.54) is 0 Å². The van der Waals surface area contributed by atoms with Gasteiger partial charge in [0.1, 0.15) is 0 Å². The Morgan fingerprint density at radius 3 is 2.48 bits per heavy atom. The fourth-order valence-electron chi connectivity index (χ4n) is 3.03. The van der Waals surface area contributed by atoms with Crippen LogP contribution in [0, 0.1) is 0 Å². The summed E-state index contributed by atoms with van der Waals surface area (Å²) in [5, 5.41) is 6.43. The molecule has 2 amide bonds. The van der Waals surface area contributed by atoms with Gasteiger partial charge < -0.3 is 15.4 Å². The summed E-state index contributed by atoms with van der Waals surface area (Å²) in [5.41, 5.74) is 1.99. The van der Waals surface area contributed by atoms with Crippen molar-refractivity contribution in [3.63, 3.8) is 0 Å². The quantitative estimate of drug-likeness (QED) is 0.767. The Labute approximate surface area is 164 Å². The third-order valence-corrected chi connectivity index (χ3v) is 4.72. The third kappa shape index (κ3) is 5.81. The van der Waals surface area contributed by atoms with Crippen LogP contribution in [0.5, 0.6) is 0 Å². The van der Waals surface area contributed by atoms with E-state index in [1.807, 2.05) is 24.3 Å². The van der Waals surface area contributed by atoms with Crippen LogP contribution >= 0.6 is 11.6 Å². The SMILES string of the molecule is O=C(NCCc1cccc(Cl)c1)c1cccc(C(=O)NCC2CCCO2)c1. The van der Waals surface area contributed by atoms with Gasteiger partial charge in [-0.3, -0.25) is 9.59 Å². The van der Waals surface area contributed by atoms with E-state index in [0.29, 0.717) is 35.7 Å². The van der Waals surface area contributed by atoms with Crippen LogP contribution in [0.2, 0.25) is 5.02 Å². The minimum absolute atomic E-state index is 0.0897. The van der Waals surface area contributed by atoms with E-state index < -0.39 is 0 Å². The molecule has 0 aromatic heterocycles. The van der Waals surface area contributed by atoms with Gasteiger partial charge in [0.15, 0.2) is 0 Å². The Bertz CT molecular complexity index is 804. The van der Waals surface area contributed by atoms with Crippen LogP contribution in [0.4, 0.5) is 0 Å². The standard InChI is InChI=1S/C21H23ClN2O3/c22-18-7-1-4-15(12-18)9-10-23-20(25)16-5-2-6-17(13-16)21(26)24-14-19-8-3-11-27-19/h1-2,4-7,12-13,19H,3,8-11,14H2,(H,23,25)(H,24,26). The first-order chi connectivity index (χ1) is 13.1. The average Bonchev–Trinajstić information content (AvgIpc) is 3.20. The topological polar surface area (TPSA) is 67.4 Å². The zero-order valence-corrected chi connectivity index (χ0v) is 15.8. The summed E-state index contributed by atoms with van der Waals surface area (Å²) in [5.74, 6) is -0.398. The lowest BCUT2D eigenvalue weighted by molar-refractivity contribution is 0.0857. The van der Waals surface area contributed by atoms with E-state index in [9.17, 15) is 9.59 Å². The molecule has 142 valence electrons. The van der Waals surface area contributed by atoms with Gasteiger partial charge in [-0.05, 0) is 55.2 Å². The van der Waals surface area contributed by atoms with Crippen molar-refractivity contribution in [2.24, 2.45) is 0 Å². The van der Waals surface area contributed by atoms with Gasteiger partial charge in [0, 0.05) is 35.8 Å². The highest BCUT2D eigenvalue weighted by molar-refractivity contribution is 6.30. The smallest absolute Gasteiger partial charge is 0.251 e. The zero-order valence-electron chi connectivity index (χ0n) is 15.0. The molecule has 6 heteroatoms. The van der Waals surface area contributed by atoms with Crippen LogP contribution in [0.25, 0.3) is 0 Å². The first-order valence-electron chi connectivity index (χ1n) is 9.14. The minimum Gasteiger partial charge on any atom is -0.376 e. The van der Waals surface area contributed by atoms with E-state index in [4.69, 9.17) is 16.3 Å². The number of hydrogen-bond acceptors (Lipinski definition) is 3. The number of hydrogen-bond donors (Lipinski definition) is 2. The molecular weight excluding hydrogens is 364 g/mol. The maximum absolute atomic E-state index is 12.4. The zero-order chi connectivity index (χ0) is 19.1. The summed E-state index contributed by atoms with van der Waals surface area (Å²) < 4.78 is 5.50. The molecule has 3 rings (SSSR count). The van der Waals surface area contributed by atoms with Crippen LogP contribution in [0.15, 0.2) is 48.5 Å². The number of carbonyl (C=O) groups is 2. The molecule has 2 aromatic rings. The second-order valence-electron chi connectivity index (χ2n) is 6.56. The number of halogens is 1. The molecule has 27 heavy (non-hydrogen) atoms. The number of rotatable bonds is 7. The lowest BCUT2D eigenvalue weighted by Crippen LogP contribution is -2.32. The molecule has 1 atom stereocenters. The van der Waals surface area contributed by atoms with E-state index in [-0.39, 0.29) is 17.9 Å². The van der Waals surface area contributed by atoms with Gasteiger partial charge in [-0.25, -0.2) is 0 Å². The maximum atomic E-state index is 12.4. The molecule has 1 saturated heterocycles. The Balaban J connectivity index is 1.50. The molecule has 0 aliphatic carbocycles. The maximum Gasteiger partial charge on any atom is 0.251 e. The van der Waals surface area contributed by atoms with Crippen molar-refractivity contribution in [3.8, 4) is 0 Å². The molecule has 0 bridgehead atoms. The van der Waals surface area contributed by atoms with Crippen LogP contribution in [0.3, 0.4) is 0 Å². The van der Waals surface area contributed by atoms with Crippen molar-refractivity contribution in [3.05, 3.63) is 70.2 Å². The Kier molecular flexibility index (Phi) is 6.85. The van der Waals surface area contributed by atoms with Crippen molar-refractivity contribution < 1.29 is 14.3 Å². The molecule has 0 radical (unpaired) electrons. The highest BCUT2D eigenvalue weighted by atomic mass is 35.5. The van der Waals surface area contributed by atoms with Crippen molar-refractivity contribution >= 4 is 23.4 Å². The Morgan fingerprint density at radius 2 is 1.78 bits per heavy atom. The molecule has 2 N–H and O–H groups in total. The molecule has 1 fully saturated rings. The van der Waals surface area contributed by atoms with Gasteiger partial charge in [0.25, 0.3) is 11.8 Å². The minimum atomic E-state index is -0.203. The summed E-state index contributed by atoms with van der Waals surface area (Å²) in [6, 6.07) is 14.3. The van der Waals surface area contributed by atoms with Gasteiger partial charge in [0.2, 0.25) is 0 Å². The number of carbonyl (C=O) groups excluding carboxylic acids is 2. The van der Waals surface area contributed by atoms with Crippen molar-refractivity contribution in [2.45, 2.75) is 25.4 Å². The lowest BCUT2D eigenvalue weighted by atomic mass is 10.1. The second kappa shape index (κ2) is 9.53. The predicted octanol–water partition coefficient (Wildman–Crippen LogP) is 3.22. The average molecular weight is 387 g/mol. The van der Waals surface area contributed by atoms with Crippen LogP contribution in [-0.2, 0) is 11.2 Å². The molecular formula is C21H23ClN2O3. The van der Waals surface area contributed by atoms with Crippen LogP contribution in [-0.4, -0.2) is 37.6 Å². The molecule has 1 aliphatic rings.